The summed E-state index contributed by atoms with van der Waals surface area (Å²) >= 11 is 0. The molecule has 0 aromatic rings. The number of hydrogen-bond donors (Lipinski definition) is 0. The fraction of sp³-hybridized carbons (Fsp3) is 0.833. The summed E-state index contributed by atoms with van der Waals surface area (Å²) in [6.45, 7) is 16.1. The van der Waals surface area contributed by atoms with E-state index in [0.29, 0.717) is 11.8 Å². The minimum absolute atomic E-state index is 0.547. The summed E-state index contributed by atoms with van der Waals surface area (Å²) in [5.74, 6) is 1.09. The zero-order valence-electron chi connectivity index (χ0n) is 10.9. The average Bonchev–Trinajstić information content (AvgIpc) is 2.19. The zero-order chi connectivity index (χ0) is 11.9. The van der Waals surface area contributed by atoms with Crippen LogP contribution >= 0.6 is 0 Å². The summed E-state index contributed by atoms with van der Waals surface area (Å²) in [5, 5.41) is 0. The SMILES string of the molecule is C=C[Si](CC)(OCC(C)C)OCC(C)C. The number of hydrogen-bond acceptors (Lipinski definition) is 2. The van der Waals surface area contributed by atoms with Gasteiger partial charge in [-0.25, -0.2) is 0 Å². The molecule has 15 heavy (non-hydrogen) atoms. The van der Waals surface area contributed by atoms with E-state index in [-0.39, 0.29) is 0 Å². The number of rotatable bonds is 8. The van der Waals surface area contributed by atoms with Crippen LogP contribution in [0, 0.1) is 11.8 Å². The maximum absolute atomic E-state index is 5.94. The molecule has 0 heterocycles. The van der Waals surface area contributed by atoms with Gasteiger partial charge in [-0.15, -0.1) is 6.58 Å². The molecule has 0 rings (SSSR count). The van der Waals surface area contributed by atoms with Gasteiger partial charge in [-0.1, -0.05) is 34.6 Å². The van der Waals surface area contributed by atoms with Crippen molar-refractivity contribution in [3.8, 4) is 0 Å². The third-order valence-electron chi connectivity index (χ3n) is 2.13. The summed E-state index contributed by atoms with van der Waals surface area (Å²) in [4.78, 5) is 0. The van der Waals surface area contributed by atoms with E-state index in [2.05, 4.69) is 41.2 Å². The van der Waals surface area contributed by atoms with Crippen LogP contribution < -0.4 is 0 Å². The molecule has 2 nitrogen and oxygen atoms in total. The average molecular weight is 230 g/mol. The van der Waals surface area contributed by atoms with E-state index in [9.17, 15) is 0 Å². The van der Waals surface area contributed by atoms with E-state index in [1.54, 1.807) is 0 Å². The Morgan fingerprint density at radius 1 is 1.07 bits per heavy atom. The van der Waals surface area contributed by atoms with Crippen molar-refractivity contribution in [3.63, 3.8) is 0 Å². The summed E-state index contributed by atoms with van der Waals surface area (Å²) in [7, 11) is -2.11. The fourth-order valence-electron chi connectivity index (χ4n) is 1.12. The Labute approximate surface area is 95.9 Å². The molecule has 0 fully saturated rings. The van der Waals surface area contributed by atoms with Crippen LogP contribution in [0.2, 0.25) is 6.04 Å². The molecule has 0 radical (unpaired) electrons. The summed E-state index contributed by atoms with van der Waals surface area (Å²) < 4.78 is 11.9. The van der Waals surface area contributed by atoms with Gasteiger partial charge in [0.1, 0.15) is 0 Å². The molecular formula is C12H26O2Si. The van der Waals surface area contributed by atoms with Gasteiger partial charge in [0.15, 0.2) is 0 Å². The second-order valence-electron chi connectivity index (χ2n) is 4.78. The predicted molar refractivity (Wildman–Crippen MR) is 68.0 cm³/mol. The smallest absolute Gasteiger partial charge is 0.364 e. The molecule has 0 N–H and O–H groups in total. The van der Waals surface area contributed by atoms with Crippen LogP contribution in [0.5, 0.6) is 0 Å². The molecule has 0 saturated heterocycles. The second-order valence-corrected chi connectivity index (χ2v) is 8.10. The lowest BCUT2D eigenvalue weighted by molar-refractivity contribution is 0.148. The van der Waals surface area contributed by atoms with Crippen LogP contribution in [0.3, 0.4) is 0 Å². The van der Waals surface area contributed by atoms with Crippen molar-refractivity contribution in [2.24, 2.45) is 11.8 Å². The van der Waals surface area contributed by atoms with Crippen molar-refractivity contribution in [1.29, 1.82) is 0 Å². The van der Waals surface area contributed by atoms with Crippen LogP contribution in [-0.4, -0.2) is 21.8 Å². The molecule has 0 aliphatic heterocycles. The minimum Gasteiger partial charge on any atom is -0.391 e. The van der Waals surface area contributed by atoms with E-state index in [1.807, 2.05) is 5.70 Å². The Bertz CT molecular complexity index is 166. The molecule has 0 aromatic heterocycles. The van der Waals surface area contributed by atoms with Gasteiger partial charge in [0.2, 0.25) is 0 Å². The van der Waals surface area contributed by atoms with Crippen molar-refractivity contribution in [2.45, 2.75) is 40.7 Å². The Balaban J connectivity index is 4.23. The molecule has 0 aliphatic carbocycles. The van der Waals surface area contributed by atoms with Crippen LogP contribution in [0.4, 0.5) is 0 Å². The van der Waals surface area contributed by atoms with E-state index >= 15 is 0 Å². The molecule has 3 heteroatoms. The molecule has 0 spiro atoms. The first-order valence-electron chi connectivity index (χ1n) is 5.87. The molecule has 0 saturated carbocycles. The Morgan fingerprint density at radius 3 is 1.67 bits per heavy atom. The van der Waals surface area contributed by atoms with Crippen molar-refractivity contribution < 1.29 is 8.85 Å². The highest BCUT2D eigenvalue weighted by Crippen LogP contribution is 2.17. The maximum Gasteiger partial charge on any atom is 0.364 e. The second kappa shape index (κ2) is 7.20. The predicted octanol–water partition coefficient (Wildman–Crippen LogP) is 3.52. The molecule has 0 bridgehead atoms. The third kappa shape index (κ3) is 6.13. The quantitative estimate of drug-likeness (QED) is 0.594. The molecule has 0 unspecified atom stereocenters. The standard InChI is InChI=1S/C12H26O2Si/c1-7-15(8-2,13-9-11(3)4)14-10-12(5)6/h7,11-12H,1,8-10H2,2-6H3. The highest BCUT2D eigenvalue weighted by molar-refractivity contribution is 6.72. The van der Waals surface area contributed by atoms with E-state index in [1.165, 1.54) is 0 Å². The van der Waals surface area contributed by atoms with Crippen molar-refractivity contribution >= 4 is 8.56 Å². The highest BCUT2D eigenvalue weighted by atomic mass is 28.4. The van der Waals surface area contributed by atoms with Crippen molar-refractivity contribution in [1.82, 2.24) is 0 Å². The molecule has 0 aliphatic rings. The first kappa shape index (κ1) is 14.9. The molecule has 0 atom stereocenters. The largest absolute Gasteiger partial charge is 0.391 e. The highest BCUT2D eigenvalue weighted by Gasteiger charge is 2.32. The molecular weight excluding hydrogens is 204 g/mol. The van der Waals surface area contributed by atoms with Gasteiger partial charge in [0.05, 0.1) is 0 Å². The topological polar surface area (TPSA) is 18.5 Å². The van der Waals surface area contributed by atoms with E-state index < -0.39 is 8.56 Å². The normalized spacial score (nSPS) is 12.5. The van der Waals surface area contributed by atoms with Gasteiger partial charge in [-0.3, -0.25) is 0 Å². The molecule has 0 amide bonds. The van der Waals surface area contributed by atoms with Crippen molar-refractivity contribution in [2.75, 3.05) is 13.2 Å². The van der Waals surface area contributed by atoms with Crippen LogP contribution in [0.25, 0.3) is 0 Å². The summed E-state index contributed by atoms with van der Waals surface area (Å²) in [6, 6.07) is 0.940. The summed E-state index contributed by atoms with van der Waals surface area (Å²) in [6.07, 6.45) is 0. The Morgan fingerprint density at radius 2 is 1.47 bits per heavy atom. The third-order valence-corrected chi connectivity index (χ3v) is 5.04. The first-order chi connectivity index (χ1) is 6.95. The van der Waals surface area contributed by atoms with E-state index in [0.717, 1.165) is 19.3 Å². The first-order valence-corrected chi connectivity index (χ1v) is 7.97. The van der Waals surface area contributed by atoms with Gasteiger partial charge < -0.3 is 8.85 Å². The monoisotopic (exact) mass is 230 g/mol. The van der Waals surface area contributed by atoms with Gasteiger partial charge in [0, 0.05) is 13.2 Å². The molecule has 0 aromatic carbocycles. The Kier molecular flexibility index (Phi) is 7.14. The van der Waals surface area contributed by atoms with Crippen molar-refractivity contribution in [3.05, 3.63) is 12.3 Å². The maximum atomic E-state index is 5.94. The minimum atomic E-state index is -2.11. The fourth-order valence-corrected chi connectivity index (χ4v) is 3.37. The lowest BCUT2D eigenvalue weighted by Gasteiger charge is -2.28. The van der Waals surface area contributed by atoms with Gasteiger partial charge in [-0.05, 0) is 23.6 Å². The Hall–Kier alpha value is -0.123. The van der Waals surface area contributed by atoms with Crippen LogP contribution in [-0.2, 0) is 8.85 Å². The lowest BCUT2D eigenvalue weighted by Crippen LogP contribution is -2.41. The van der Waals surface area contributed by atoms with Gasteiger partial charge in [-0.2, -0.15) is 0 Å². The van der Waals surface area contributed by atoms with E-state index in [4.69, 9.17) is 8.85 Å². The van der Waals surface area contributed by atoms with Crippen LogP contribution in [0.1, 0.15) is 34.6 Å². The van der Waals surface area contributed by atoms with Crippen LogP contribution in [0.15, 0.2) is 12.3 Å². The zero-order valence-corrected chi connectivity index (χ0v) is 11.9. The lowest BCUT2D eigenvalue weighted by atomic mass is 10.2. The molecule has 90 valence electrons. The van der Waals surface area contributed by atoms with Gasteiger partial charge >= 0.3 is 8.56 Å². The van der Waals surface area contributed by atoms with Gasteiger partial charge in [0.25, 0.3) is 0 Å². The summed E-state index contributed by atoms with van der Waals surface area (Å²) in [5.41, 5.74) is 1.91.